The highest BCUT2D eigenvalue weighted by molar-refractivity contribution is 5.42. The highest BCUT2D eigenvalue weighted by Crippen LogP contribution is 2.13. The Bertz CT molecular complexity index is 210. The van der Waals surface area contributed by atoms with Crippen LogP contribution >= 0.6 is 0 Å². The third-order valence-corrected chi connectivity index (χ3v) is 1.74. The van der Waals surface area contributed by atoms with Crippen LogP contribution in [0.4, 0.5) is 10.2 Å². The predicted octanol–water partition coefficient (Wildman–Crippen LogP) is 3.18. The summed E-state index contributed by atoms with van der Waals surface area (Å²) in [5.41, 5.74) is 0.644. The van der Waals surface area contributed by atoms with E-state index in [1.54, 1.807) is 12.1 Å². The zero-order valence-corrected chi connectivity index (χ0v) is 7.33. The number of unbranched alkanes of at least 4 members (excludes halogenated alkanes) is 1. The zero-order valence-electron chi connectivity index (χ0n) is 7.33. The fourth-order valence-corrected chi connectivity index (χ4v) is 1.02. The van der Waals surface area contributed by atoms with E-state index >= 15 is 0 Å². The Morgan fingerprint density at radius 2 is 1.92 bits per heavy atom. The van der Waals surface area contributed by atoms with Gasteiger partial charge in [-0.3, -0.25) is 0 Å². The molecule has 1 aromatic carbocycles. The molecule has 0 aliphatic carbocycles. The van der Waals surface area contributed by atoms with Crippen LogP contribution in [0, 0.1) is 0 Å². The normalized spacial score (nSPS) is 9.83. The van der Waals surface area contributed by atoms with Gasteiger partial charge in [-0.2, -0.15) is 0 Å². The minimum atomic E-state index is 0.487. The summed E-state index contributed by atoms with van der Waals surface area (Å²) in [6.07, 6.45) is 1.92. The zero-order chi connectivity index (χ0) is 8.81. The van der Waals surface area contributed by atoms with Gasteiger partial charge in [-0.1, -0.05) is 36.0 Å². The molecule has 66 valence electrons. The second kappa shape index (κ2) is 4.75. The monoisotopic (exact) mass is 167 g/mol. The van der Waals surface area contributed by atoms with Crippen molar-refractivity contribution in [1.82, 2.24) is 0 Å². The minimum absolute atomic E-state index is 0.487. The molecule has 0 amide bonds. The van der Waals surface area contributed by atoms with Crippen LogP contribution < -0.4 is 5.12 Å². The molecule has 0 aliphatic rings. The highest BCUT2D eigenvalue weighted by Gasteiger charge is 2.01. The molecule has 1 aromatic rings. The quantitative estimate of drug-likeness (QED) is 0.622. The molecule has 0 saturated carbocycles. The first-order chi connectivity index (χ1) is 5.84. The molecule has 0 fully saturated rings. The summed E-state index contributed by atoms with van der Waals surface area (Å²) < 4.78 is 13.2. The van der Waals surface area contributed by atoms with Gasteiger partial charge in [0.2, 0.25) is 0 Å². The van der Waals surface area contributed by atoms with Crippen LogP contribution in [0.5, 0.6) is 0 Å². The lowest BCUT2D eigenvalue weighted by Gasteiger charge is -2.12. The third kappa shape index (κ3) is 2.53. The van der Waals surface area contributed by atoms with Gasteiger partial charge in [0.05, 0.1) is 12.2 Å². The molecule has 0 aliphatic heterocycles. The van der Waals surface area contributed by atoms with E-state index in [1.165, 1.54) is 0 Å². The van der Waals surface area contributed by atoms with E-state index in [-0.39, 0.29) is 0 Å². The number of benzene rings is 1. The standard InChI is InChI=1S/C10H14FN/c1-2-3-9-12(11)10-7-5-4-6-8-10/h4-8H,2-3,9H2,1H3. The number of nitrogens with zero attached hydrogens (tertiary/aromatic N) is 1. The van der Waals surface area contributed by atoms with E-state index in [0.717, 1.165) is 18.0 Å². The van der Waals surface area contributed by atoms with Gasteiger partial charge in [0.15, 0.2) is 0 Å². The highest BCUT2D eigenvalue weighted by atomic mass is 19.2. The molecule has 0 unspecified atom stereocenters. The van der Waals surface area contributed by atoms with Crippen LogP contribution in [0.25, 0.3) is 0 Å². The number of rotatable bonds is 4. The smallest absolute Gasteiger partial charge is 0.0687 e. The van der Waals surface area contributed by atoms with Gasteiger partial charge in [0.25, 0.3) is 0 Å². The first kappa shape index (κ1) is 9.04. The Labute approximate surface area is 72.8 Å². The average molecular weight is 167 g/mol. The summed E-state index contributed by atoms with van der Waals surface area (Å²) in [6, 6.07) is 9.12. The molecular formula is C10H14FN. The van der Waals surface area contributed by atoms with Gasteiger partial charge in [0.1, 0.15) is 0 Å². The van der Waals surface area contributed by atoms with Crippen molar-refractivity contribution in [2.75, 3.05) is 11.7 Å². The summed E-state index contributed by atoms with van der Waals surface area (Å²) in [6.45, 7) is 2.54. The van der Waals surface area contributed by atoms with Gasteiger partial charge < -0.3 is 0 Å². The Hall–Kier alpha value is -1.05. The van der Waals surface area contributed by atoms with E-state index in [0.29, 0.717) is 12.2 Å². The fourth-order valence-electron chi connectivity index (χ4n) is 1.02. The molecule has 1 rings (SSSR count). The SMILES string of the molecule is CCCCN(F)c1ccccc1. The van der Waals surface area contributed by atoms with E-state index in [9.17, 15) is 4.48 Å². The predicted molar refractivity (Wildman–Crippen MR) is 49.8 cm³/mol. The van der Waals surface area contributed by atoms with Crippen LogP contribution in [0.3, 0.4) is 0 Å². The van der Waals surface area contributed by atoms with Crippen molar-refractivity contribution in [2.45, 2.75) is 19.8 Å². The molecule has 0 aromatic heterocycles. The van der Waals surface area contributed by atoms with Gasteiger partial charge >= 0.3 is 0 Å². The van der Waals surface area contributed by atoms with Crippen molar-refractivity contribution < 1.29 is 4.48 Å². The molecule has 1 nitrogen and oxygen atoms in total. The maximum Gasteiger partial charge on any atom is 0.0687 e. The van der Waals surface area contributed by atoms with Crippen LogP contribution in [-0.4, -0.2) is 6.54 Å². The summed E-state index contributed by atoms with van der Waals surface area (Å²) in [5, 5.41) is 0.795. The van der Waals surface area contributed by atoms with Crippen molar-refractivity contribution in [3.63, 3.8) is 0 Å². The molecule has 0 bridgehead atoms. The maximum atomic E-state index is 13.2. The fraction of sp³-hybridized carbons (Fsp3) is 0.400. The molecule has 12 heavy (non-hydrogen) atoms. The van der Waals surface area contributed by atoms with Crippen LogP contribution in [-0.2, 0) is 0 Å². The molecule has 0 spiro atoms. The van der Waals surface area contributed by atoms with Crippen molar-refractivity contribution in [2.24, 2.45) is 0 Å². The molecule has 0 heterocycles. The maximum absolute atomic E-state index is 13.2. The largest absolute Gasteiger partial charge is 0.212 e. The number of hydrogen-bond donors (Lipinski definition) is 0. The average Bonchev–Trinajstić information content (AvgIpc) is 2.15. The van der Waals surface area contributed by atoms with Gasteiger partial charge in [0, 0.05) is 0 Å². The van der Waals surface area contributed by atoms with Crippen LogP contribution in [0.1, 0.15) is 19.8 Å². The molecular weight excluding hydrogens is 153 g/mol. The Morgan fingerprint density at radius 3 is 2.50 bits per heavy atom. The summed E-state index contributed by atoms with van der Waals surface area (Å²) >= 11 is 0. The first-order valence-corrected chi connectivity index (χ1v) is 4.33. The van der Waals surface area contributed by atoms with Crippen LogP contribution in [0.2, 0.25) is 0 Å². The van der Waals surface area contributed by atoms with Crippen LogP contribution in [0.15, 0.2) is 30.3 Å². The first-order valence-electron chi connectivity index (χ1n) is 4.33. The van der Waals surface area contributed by atoms with Gasteiger partial charge in [-0.05, 0) is 18.6 Å². The minimum Gasteiger partial charge on any atom is -0.212 e. The van der Waals surface area contributed by atoms with Crippen molar-refractivity contribution in [1.29, 1.82) is 0 Å². The van der Waals surface area contributed by atoms with Crippen molar-refractivity contribution in [3.05, 3.63) is 30.3 Å². The summed E-state index contributed by atoms with van der Waals surface area (Å²) in [7, 11) is 0. The third-order valence-electron chi connectivity index (χ3n) is 1.74. The van der Waals surface area contributed by atoms with Gasteiger partial charge in [-0.15, -0.1) is 0 Å². The Morgan fingerprint density at radius 1 is 1.25 bits per heavy atom. The molecule has 0 atom stereocenters. The summed E-state index contributed by atoms with van der Waals surface area (Å²) in [4.78, 5) is 0. The van der Waals surface area contributed by atoms with E-state index in [4.69, 9.17) is 0 Å². The lowest BCUT2D eigenvalue weighted by atomic mass is 10.3. The van der Waals surface area contributed by atoms with Crippen molar-refractivity contribution in [3.8, 4) is 0 Å². The number of halogens is 1. The molecule has 0 saturated heterocycles. The van der Waals surface area contributed by atoms with E-state index in [1.807, 2.05) is 18.2 Å². The van der Waals surface area contributed by atoms with Crippen molar-refractivity contribution >= 4 is 5.69 Å². The number of para-hydroxylation sites is 1. The number of hydrogen-bond acceptors (Lipinski definition) is 1. The lowest BCUT2D eigenvalue weighted by Crippen LogP contribution is -2.12. The Kier molecular flexibility index (Phi) is 3.58. The topological polar surface area (TPSA) is 3.24 Å². The second-order valence-corrected chi connectivity index (χ2v) is 2.77. The lowest BCUT2D eigenvalue weighted by molar-refractivity contribution is 0.426. The molecule has 2 heteroatoms. The number of anilines is 1. The molecule has 0 radical (unpaired) electrons. The van der Waals surface area contributed by atoms with E-state index < -0.39 is 0 Å². The van der Waals surface area contributed by atoms with Gasteiger partial charge in [-0.25, -0.2) is 5.12 Å². The van der Waals surface area contributed by atoms with E-state index in [2.05, 4.69) is 6.92 Å². The molecule has 0 N–H and O–H groups in total. The summed E-state index contributed by atoms with van der Waals surface area (Å²) in [5.74, 6) is 0. The second-order valence-electron chi connectivity index (χ2n) is 2.77. The Balaban J connectivity index is 2.48.